The van der Waals surface area contributed by atoms with Gasteiger partial charge in [0.25, 0.3) is 0 Å². The Hall–Kier alpha value is -1.44. The summed E-state index contributed by atoms with van der Waals surface area (Å²) >= 11 is 0. The van der Waals surface area contributed by atoms with Crippen LogP contribution >= 0.6 is 0 Å². The van der Waals surface area contributed by atoms with Crippen LogP contribution in [0.15, 0.2) is 22.6 Å². The summed E-state index contributed by atoms with van der Waals surface area (Å²) in [7, 11) is 0. The smallest absolute Gasteiger partial charge is 0.316 e. The second-order valence-corrected chi connectivity index (χ2v) is 11.2. The van der Waals surface area contributed by atoms with Crippen LogP contribution in [0.4, 0.5) is 0 Å². The molecule has 1 fully saturated rings. The van der Waals surface area contributed by atoms with Crippen LogP contribution in [0.25, 0.3) is 0 Å². The monoisotopic (exact) mass is 490 g/mol. The number of ether oxygens (including phenoxy) is 1. The van der Waals surface area contributed by atoms with Gasteiger partial charge in [-0.1, -0.05) is 59.0 Å². The topological polar surface area (TPSA) is 87.3 Å². The molecule has 0 radical (unpaired) electrons. The predicted octanol–water partition coefficient (Wildman–Crippen LogP) is 5.87. The molecule has 7 nitrogen and oxygen atoms in total. The van der Waals surface area contributed by atoms with Crippen molar-refractivity contribution in [2.45, 2.75) is 135 Å². The number of amidine groups is 2. The normalized spacial score (nSPS) is 29.0. The summed E-state index contributed by atoms with van der Waals surface area (Å²) in [5.41, 5.74) is 0.131. The molecular weight excluding hydrogens is 436 g/mol. The Morgan fingerprint density at radius 1 is 1.06 bits per heavy atom. The Bertz CT molecular complexity index is 673. The van der Waals surface area contributed by atoms with Crippen LogP contribution < -0.4 is 16.5 Å². The molecule has 2 heterocycles. The maximum atomic E-state index is 6.73. The molecule has 0 aromatic heterocycles. The zero-order chi connectivity index (χ0) is 25.7. The van der Waals surface area contributed by atoms with Gasteiger partial charge in [-0.15, -0.1) is 6.58 Å². The molecule has 2 aliphatic rings. The second kappa shape index (κ2) is 15.0. The number of allylic oxidation sites excluding steroid dienone is 1. The van der Waals surface area contributed by atoms with Crippen molar-refractivity contribution >= 4 is 11.9 Å². The van der Waals surface area contributed by atoms with Gasteiger partial charge in [0.2, 0.25) is 0 Å². The molecule has 0 bridgehead atoms. The molecule has 0 amide bonds. The molecule has 2 aliphatic heterocycles. The van der Waals surface area contributed by atoms with E-state index in [0.29, 0.717) is 12.6 Å². The lowest BCUT2D eigenvalue weighted by Gasteiger charge is -2.51. The van der Waals surface area contributed by atoms with Gasteiger partial charge >= 0.3 is 6.02 Å². The molecule has 0 saturated carbocycles. The number of nitrogens with one attached hydrogen (secondary N) is 2. The number of nitrogens with two attached hydrogens (primary N) is 1. The first-order valence-electron chi connectivity index (χ1n) is 14.3. The first-order valence-corrected chi connectivity index (χ1v) is 14.3. The highest BCUT2D eigenvalue weighted by molar-refractivity contribution is 5.96. The van der Waals surface area contributed by atoms with Gasteiger partial charge in [-0.3, -0.25) is 10.3 Å². The Morgan fingerprint density at radius 2 is 1.69 bits per heavy atom. The van der Waals surface area contributed by atoms with Gasteiger partial charge in [-0.2, -0.15) is 9.98 Å². The lowest BCUT2D eigenvalue weighted by atomic mass is 9.70. The number of hydrazine groups is 1. The lowest BCUT2D eigenvalue weighted by molar-refractivity contribution is 0.103. The van der Waals surface area contributed by atoms with Gasteiger partial charge in [0.1, 0.15) is 5.84 Å². The van der Waals surface area contributed by atoms with Gasteiger partial charge in [0.05, 0.1) is 6.61 Å². The van der Waals surface area contributed by atoms with Crippen molar-refractivity contribution in [3.63, 3.8) is 0 Å². The quantitative estimate of drug-likeness (QED) is 0.143. The van der Waals surface area contributed by atoms with E-state index in [-0.39, 0.29) is 23.3 Å². The molecule has 7 heteroatoms. The van der Waals surface area contributed by atoms with E-state index in [4.69, 9.17) is 20.6 Å². The molecule has 0 aromatic carbocycles. The number of hydrogen-bond acceptors (Lipinski definition) is 7. The van der Waals surface area contributed by atoms with Gasteiger partial charge in [0, 0.05) is 17.0 Å². The molecule has 3 unspecified atom stereocenters. The van der Waals surface area contributed by atoms with Crippen LogP contribution in [0, 0.1) is 5.92 Å². The highest BCUT2D eigenvalue weighted by Crippen LogP contribution is 2.40. The van der Waals surface area contributed by atoms with E-state index in [2.05, 4.69) is 51.8 Å². The number of unbranched alkanes of at least 4 members (excludes halogenated alkanes) is 5. The molecule has 35 heavy (non-hydrogen) atoms. The largest absolute Gasteiger partial charge is 0.464 e. The number of aliphatic imine (C=N–C) groups is 2. The van der Waals surface area contributed by atoms with E-state index in [0.717, 1.165) is 57.3 Å². The molecule has 202 valence electrons. The molecule has 4 N–H and O–H groups in total. The van der Waals surface area contributed by atoms with Gasteiger partial charge in [0.15, 0.2) is 6.29 Å². The minimum atomic E-state index is -0.346. The first-order chi connectivity index (χ1) is 16.8. The van der Waals surface area contributed by atoms with Crippen molar-refractivity contribution < 1.29 is 4.74 Å². The molecule has 3 atom stereocenters. The van der Waals surface area contributed by atoms with E-state index >= 15 is 0 Å². The van der Waals surface area contributed by atoms with Crippen LogP contribution in [0.5, 0.6) is 0 Å². The van der Waals surface area contributed by atoms with Crippen LogP contribution in [0.1, 0.15) is 118 Å². The average Bonchev–Trinajstić information content (AvgIpc) is 2.82. The summed E-state index contributed by atoms with van der Waals surface area (Å²) < 4.78 is 6.01. The van der Waals surface area contributed by atoms with E-state index in [1.807, 2.05) is 6.08 Å². The zero-order valence-electron chi connectivity index (χ0n) is 23.4. The maximum Gasteiger partial charge on any atom is 0.316 e. The zero-order valence-corrected chi connectivity index (χ0v) is 23.4. The van der Waals surface area contributed by atoms with Crippen molar-refractivity contribution in [1.82, 2.24) is 15.6 Å². The third-order valence-electron chi connectivity index (χ3n) is 7.39. The Kier molecular flexibility index (Phi) is 12.7. The maximum absolute atomic E-state index is 6.73. The van der Waals surface area contributed by atoms with Gasteiger partial charge < -0.3 is 10.1 Å². The average molecular weight is 491 g/mol. The Labute approximate surface area is 215 Å². The standard InChI is InChI=1S/C28H54N6O/c1-7-11-15-16-19-30-25-32-26(35-20-14-10-4)31-24(34(25)29)23-21-27(5,17-12-8-2)33-28(6,22-23)18-13-9-3/h7,23,25,30,33H,1,8-22,29H2,2-6H3. The summed E-state index contributed by atoms with van der Waals surface area (Å²) in [6, 6.07) is 0.475. The summed E-state index contributed by atoms with van der Waals surface area (Å²) in [5, 5.41) is 9.39. The van der Waals surface area contributed by atoms with Crippen molar-refractivity contribution in [3.05, 3.63) is 12.7 Å². The second-order valence-electron chi connectivity index (χ2n) is 11.2. The van der Waals surface area contributed by atoms with Crippen LogP contribution in [-0.4, -0.2) is 47.4 Å². The predicted molar refractivity (Wildman–Crippen MR) is 149 cm³/mol. The first kappa shape index (κ1) is 29.8. The van der Waals surface area contributed by atoms with Crippen LogP contribution in [-0.2, 0) is 4.74 Å². The van der Waals surface area contributed by atoms with E-state index in [1.54, 1.807) is 5.01 Å². The summed E-state index contributed by atoms with van der Waals surface area (Å²) in [4.78, 5) is 9.65. The number of nitrogens with zero attached hydrogens (tertiary/aromatic N) is 3. The SMILES string of the molecule is C=CCCCCNC1N=C(OCCCC)N=C(C2CC(C)(CCCC)NC(C)(CCCC)C2)N1N. The Balaban J connectivity index is 2.26. The van der Waals surface area contributed by atoms with Crippen molar-refractivity contribution in [2.75, 3.05) is 13.2 Å². The molecule has 0 aromatic rings. The van der Waals surface area contributed by atoms with Crippen molar-refractivity contribution in [2.24, 2.45) is 21.7 Å². The summed E-state index contributed by atoms with van der Waals surface area (Å²) in [5.74, 6) is 7.91. The number of hydrogen-bond donors (Lipinski definition) is 3. The van der Waals surface area contributed by atoms with Gasteiger partial charge in [-0.25, -0.2) is 5.84 Å². The molecule has 0 spiro atoms. The molecule has 1 saturated heterocycles. The third-order valence-corrected chi connectivity index (χ3v) is 7.39. The fourth-order valence-corrected chi connectivity index (χ4v) is 5.58. The molecule has 2 rings (SSSR count). The van der Waals surface area contributed by atoms with Gasteiger partial charge in [-0.05, 0) is 71.8 Å². The van der Waals surface area contributed by atoms with E-state index < -0.39 is 0 Å². The third kappa shape index (κ3) is 9.51. The van der Waals surface area contributed by atoms with E-state index in [1.165, 1.54) is 38.5 Å². The fourth-order valence-electron chi connectivity index (χ4n) is 5.58. The van der Waals surface area contributed by atoms with Crippen LogP contribution in [0.2, 0.25) is 0 Å². The van der Waals surface area contributed by atoms with Crippen LogP contribution in [0.3, 0.4) is 0 Å². The molecular formula is C28H54N6O. The lowest BCUT2D eigenvalue weighted by Crippen LogP contribution is -2.64. The number of rotatable bonds is 16. The molecule has 0 aliphatic carbocycles. The number of piperidine rings is 1. The Morgan fingerprint density at radius 3 is 2.26 bits per heavy atom. The minimum Gasteiger partial charge on any atom is -0.464 e. The minimum absolute atomic E-state index is 0.0657. The van der Waals surface area contributed by atoms with Crippen molar-refractivity contribution in [1.29, 1.82) is 0 Å². The van der Waals surface area contributed by atoms with Crippen molar-refractivity contribution in [3.8, 4) is 0 Å². The fraction of sp³-hybridized carbons (Fsp3) is 0.857. The highest BCUT2D eigenvalue weighted by atomic mass is 16.5. The summed E-state index contributed by atoms with van der Waals surface area (Å²) in [6.45, 7) is 16.8. The van der Waals surface area contributed by atoms with E-state index in [9.17, 15) is 0 Å². The summed E-state index contributed by atoms with van der Waals surface area (Å²) in [6.07, 6.45) is 16.1. The highest BCUT2D eigenvalue weighted by Gasteiger charge is 2.45.